The normalized spacial score (nSPS) is 19.3. The van der Waals surface area contributed by atoms with Gasteiger partial charge in [-0.05, 0) is 38.0 Å². The first-order valence-corrected chi connectivity index (χ1v) is 10.4. The number of nitrogens with two attached hydrogens (primary N) is 1. The Morgan fingerprint density at radius 2 is 2.00 bits per heavy atom. The fourth-order valence-corrected chi connectivity index (χ4v) is 4.16. The number of alkyl halides is 3. The first-order chi connectivity index (χ1) is 15.1. The number of nitrogens with zero attached hydrogens (tertiary/aromatic N) is 4. The Morgan fingerprint density at radius 3 is 2.59 bits per heavy atom. The van der Waals surface area contributed by atoms with Crippen molar-refractivity contribution in [2.24, 2.45) is 0 Å². The van der Waals surface area contributed by atoms with E-state index in [1.807, 2.05) is 6.92 Å². The number of rotatable bonds is 4. The molecular weight excluding hydrogens is 425 g/mol. The maximum absolute atomic E-state index is 13.5. The number of hydrogen-bond acceptors (Lipinski definition) is 5. The van der Waals surface area contributed by atoms with Gasteiger partial charge in [0.2, 0.25) is 5.95 Å². The number of benzene rings is 1. The van der Waals surface area contributed by atoms with Crippen LogP contribution in [0, 0.1) is 0 Å². The Hall–Kier alpha value is -3.37. The lowest BCUT2D eigenvalue weighted by atomic mass is 10.1. The molecule has 11 heteroatoms. The van der Waals surface area contributed by atoms with Gasteiger partial charge in [0.25, 0.3) is 5.91 Å². The molecule has 2 fully saturated rings. The summed E-state index contributed by atoms with van der Waals surface area (Å²) in [4.78, 5) is 36.4. The molecule has 4 rings (SSSR count). The zero-order valence-corrected chi connectivity index (χ0v) is 17.4. The van der Waals surface area contributed by atoms with Crippen LogP contribution in [0.3, 0.4) is 0 Å². The predicted octanol–water partition coefficient (Wildman–Crippen LogP) is 3.59. The van der Waals surface area contributed by atoms with Crippen molar-refractivity contribution in [3.8, 4) is 0 Å². The molecule has 3 N–H and O–H groups in total. The maximum Gasteiger partial charge on any atom is 0.416 e. The van der Waals surface area contributed by atoms with Gasteiger partial charge in [-0.25, -0.2) is 9.78 Å². The van der Waals surface area contributed by atoms with E-state index < -0.39 is 17.6 Å². The highest BCUT2D eigenvalue weighted by Crippen LogP contribution is 2.35. The Labute approximate surface area is 182 Å². The molecule has 8 nitrogen and oxygen atoms in total. The van der Waals surface area contributed by atoms with Crippen molar-refractivity contribution in [1.82, 2.24) is 15.3 Å². The number of aromatic nitrogens is 2. The van der Waals surface area contributed by atoms with Crippen molar-refractivity contribution in [1.29, 1.82) is 0 Å². The van der Waals surface area contributed by atoms with E-state index in [1.165, 1.54) is 28.1 Å². The van der Waals surface area contributed by atoms with E-state index in [4.69, 9.17) is 5.73 Å². The predicted molar refractivity (Wildman–Crippen MR) is 112 cm³/mol. The number of carbonyl (C=O) groups excluding carboxylic acids is 2. The average Bonchev–Trinajstić information content (AvgIpc) is 3.37. The van der Waals surface area contributed by atoms with Gasteiger partial charge in [-0.3, -0.25) is 9.69 Å². The molecule has 1 aromatic carbocycles. The molecule has 1 unspecified atom stereocenters. The third-order valence-corrected chi connectivity index (χ3v) is 5.71. The maximum atomic E-state index is 13.5. The van der Waals surface area contributed by atoms with E-state index in [9.17, 15) is 22.8 Å². The van der Waals surface area contributed by atoms with Gasteiger partial charge in [-0.2, -0.15) is 18.2 Å². The molecule has 1 saturated carbocycles. The van der Waals surface area contributed by atoms with Crippen molar-refractivity contribution in [2.45, 2.75) is 50.9 Å². The number of nitrogens with one attached hydrogen (secondary N) is 1. The standard InChI is InChI=1S/C21H23F3N6O2/c1-12-11-29(20(32)27-12)19-26-10-16(17(25)28-19)18(31)30(14-6-2-3-7-14)15-8-4-5-13(9-15)21(22,23)24/h4-5,8-10,12,14H,2-3,6-7,11H2,1H3,(H,27,32)(H2,25,26,28). The zero-order valence-electron chi connectivity index (χ0n) is 17.4. The van der Waals surface area contributed by atoms with Gasteiger partial charge >= 0.3 is 12.2 Å². The molecule has 3 amide bonds. The first-order valence-electron chi connectivity index (χ1n) is 10.4. The van der Waals surface area contributed by atoms with Crippen molar-refractivity contribution in [3.05, 3.63) is 41.6 Å². The second kappa shape index (κ2) is 8.29. The smallest absolute Gasteiger partial charge is 0.383 e. The van der Waals surface area contributed by atoms with Crippen LogP contribution >= 0.6 is 0 Å². The van der Waals surface area contributed by atoms with E-state index in [1.54, 1.807) is 0 Å². The number of amides is 3. The monoisotopic (exact) mass is 448 g/mol. The summed E-state index contributed by atoms with van der Waals surface area (Å²) in [5, 5.41) is 2.72. The highest BCUT2D eigenvalue weighted by Gasteiger charge is 2.35. The summed E-state index contributed by atoms with van der Waals surface area (Å²) in [5.41, 5.74) is 5.34. The topological polar surface area (TPSA) is 104 Å². The van der Waals surface area contributed by atoms with Crippen LogP contribution in [0.2, 0.25) is 0 Å². The van der Waals surface area contributed by atoms with E-state index in [0.29, 0.717) is 19.4 Å². The average molecular weight is 448 g/mol. The van der Waals surface area contributed by atoms with Crippen LogP contribution in [0.25, 0.3) is 0 Å². The zero-order chi connectivity index (χ0) is 23.0. The van der Waals surface area contributed by atoms with Gasteiger partial charge in [-0.15, -0.1) is 0 Å². The minimum Gasteiger partial charge on any atom is -0.383 e. The van der Waals surface area contributed by atoms with Gasteiger partial charge in [0.15, 0.2) is 0 Å². The van der Waals surface area contributed by atoms with Crippen LogP contribution in [0.1, 0.15) is 48.5 Å². The number of nitrogen functional groups attached to an aromatic ring is 1. The number of carbonyl (C=O) groups is 2. The quantitative estimate of drug-likeness (QED) is 0.744. The van der Waals surface area contributed by atoms with E-state index in [-0.39, 0.29) is 41.1 Å². The lowest BCUT2D eigenvalue weighted by Crippen LogP contribution is -2.40. The Kier molecular flexibility index (Phi) is 5.66. The third-order valence-electron chi connectivity index (χ3n) is 5.71. The van der Waals surface area contributed by atoms with Crippen molar-refractivity contribution >= 4 is 29.4 Å². The lowest BCUT2D eigenvalue weighted by molar-refractivity contribution is -0.137. The van der Waals surface area contributed by atoms with E-state index >= 15 is 0 Å². The van der Waals surface area contributed by atoms with Gasteiger partial charge in [-0.1, -0.05) is 18.9 Å². The molecule has 2 aromatic rings. The molecule has 1 aliphatic carbocycles. The summed E-state index contributed by atoms with van der Waals surface area (Å²) in [6, 6.07) is 3.98. The molecule has 0 spiro atoms. The minimum absolute atomic E-state index is 0.0225. The summed E-state index contributed by atoms with van der Waals surface area (Å²) >= 11 is 0. The third kappa shape index (κ3) is 4.19. The minimum atomic E-state index is -4.53. The fourth-order valence-electron chi connectivity index (χ4n) is 4.16. The summed E-state index contributed by atoms with van der Waals surface area (Å²) < 4.78 is 39.8. The van der Waals surface area contributed by atoms with Crippen molar-refractivity contribution < 1.29 is 22.8 Å². The van der Waals surface area contributed by atoms with Crippen molar-refractivity contribution in [3.63, 3.8) is 0 Å². The molecule has 0 bridgehead atoms. The molecule has 32 heavy (non-hydrogen) atoms. The van der Waals surface area contributed by atoms with Crippen LogP contribution in [0.4, 0.5) is 35.4 Å². The highest BCUT2D eigenvalue weighted by molar-refractivity contribution is 6.09. The molecular formula is C21H23F3N6O2. The molecule has 170 valence electrons. The van der Waals surface area contributed by atoms with Crippen LogP contribution < -0.4 is 20.9 Å². The van der Waals surface area contributed by atoms with Crippen molar-refractivity contribution in [2.75, 3.05) is 22.1 Å². The van der Waals surface area contributed by atoms with E-state index in [0.717, 1.165) is 25.0 Å². The number of urea groups is 1. The lowest BCUT2D eigenvalue weighted by Gasteiger charge is -2.30. The largest absolute Gasteiger partial charge is 0.416 e. The van der Waals surface area contributed by atoms with Gasteiger partial charge in [0.1, 0.15) is 11.4 Å². The van der Waals surface area contributed by atoms with Gasteiger partial charge in [0.05, 0.1) is 12.1 Å². The Balaban J connectivity index is 1.68. The summed E-state index contributed by atoms with van der Waals surface area (Å²) in [5.74, 6) is -0.644. The number of anilines is 3. The molecule has 1 aliphatic heterocycles. The van der Waals surface area contributed by atoms with Crippen LogP contribution in [-0.2, 0) is 6.18 Å². The van der Waals surface area contributed by atoms with Gasteiger partial charge < -0.3 is 16.0 Å². The number of halogens is 3. The molecule has 2 aliphatic rings. The number of hydrogen-bond donors (Lipinski definition) is 2. The molecule has 1 aromatic heterocycles. The second-order valence-corrected chi connectivity index (χ2v) is 8.09. The summed E-state index contributed by atoms with van der Waals surface area (Å²) in [7, 11) is 0. The first kappa shape index (κ1) is 21.8. The van der Waals surface area contributed by atoms with E-state index in [2.05, 4.69) is 15.3 Å². The van der Waals surface area contributed by atoms with Crippen LogP contribution in [0.15, 0.2) is 30.5 Å². The molecule has 1 saturated heterocycles. The van der Waals surface area contributed by atoms with Gasteiger partial charge in [0, 0.05) is 24.0 Å². The second-order valence-electron chi connectivity index (χ2n) is 8.09. The molecule has 0 radical (unpaired) electrons. The summed E-state index contributed by atoms with van der Waals surface area (Å²) in [6.45, 7) is 2.18. The van der Waals surface area contributed by atoms with Crippen LogP contribution in [-0.4, -0.2) is 40.5 Å². The highest BCUT2D eigenvalue weighted by atomic mass is 19.4. The summed E-state index contributed by atoms with van der Waals surface area (Å²) in [6.07, 6.45) is -0.204. The Morgan fingerprint density at radius 1 is 1.28 bits per heavy atom. The Bertz CT molecular complexity index is 1040. The SMILES string of the molecule is CC1CN(c2ncc(C(=O)N(c3cccc(C(F)(F)F)c3)C3CCCC3)c(N)n2)C(=O)N1. The van der Waals surface area contributed by atoms with Crippen LogP contribution in [0.5, 0.6) is 0 Å². The fraction of sp³-hybridized carbons (Fsp3) is 0.429. The molecule has 2 heterocycles. The molecule has 1 atom stereocenters.